The Kier molecular flexibility index (Phi) is 7.79. The molecule has 42 heavy (non-hydrogen) atoms. The number of benzene rings is 1. The number of ether oxygens (including phenoxy) is 1. The number of aliphatic imine (C=N–C) groups is 1. The number of carboxylic acid groups (broad SMARTS) is 1. The lowest BCUT2D eigenvalue weighted by molar-refractivity contribution is -0.147. The summed E-state index contributed by atoms with van der Waals surface area (Å²) in [5.41, 5.74) is 0.0746. The number of hydrogen-bond acceptors (Lipinski definition) is 9. The molecule has 0 bridgehead atoms. The van der Waals surface area contributed by atoms with Gasteiger partial charge in [-0.1, -0.05) is 6.07 Å². The van der Waals surface area contributed by atoms with E-state index in [-0.39, 0.29) is 42.4 Å². The van der Waals surface area contributed by atoms with Gasteiger partial charge in [0.2, 0.25) is 0 Å². The molecule has 3 aliphatic heterocycles. The summed E-state index contributed by atoms with van der Waals surface area (Å²) >= 11 is 1.29. The number of aliphatic carboxylic acids is 1. The quantitative estimate of drug-likeness (QED) is 0.484. The number of halogens is 2. The van der Waals surface area contributed by atoms with Gasteiger partial charge in [0.15, 0.2) is 22.5 Å². The van der Waals surface area contributed by atoms with Crippen LogP contribution in [-0.2, 0) is 14.3 Å². The first-order valence-electron chi connectivity index (χ1n) is 13.4. The van der Waals surface area contributed by atoms with Gasteiger partial charge in [0.1, 0.15) is 12.1 Å². The minimum absolute atomic E-state index is 0.0198. The number of carbonyl (C=O) groups is 3. The molecule has 2 fully saturated rings. The third-order valence-corrected chi connectivity index (χ3v) is 8.68. The number of fused-ring (bicyclic) bond motifs is 1. The number of rotatable bonds is 6. The maximum absolute atomic E-state index is 14.7. The second-order valence-electron chi connectivity index (χ2n) is 11.4. The summed E-state index contributed by atoms with van der Waals surface area (Å²) < 4.78 is 33.9. The minimum Gasteiger partial charge on any atom is -0.480 e. The molecule has 0 aliphatic carbocycles. The third kappa shape index (κ3) is 5.13. The van der Waals surface area contributed by atoms with Gasteiger partial charge in [-0.3, -0.25) is 14.7 Å². The molecule has 1 aromatic heterocycles. The second kappa shape index (κ2) is 11.1. The smallest absolute Gasteiger partial charge is 0.338 e. The van der Waals surface area contributed by atoms with Crippen LogP contribution in [0.5, 0.6) is 0 Å². The molecule has 0 unspecified atom stereocenters. The highest BCUT2D eigenvalue weighted by Crippen LogP contribution is 2.37. The van der Waals surface area contributed by atoms with Gasteiger partial charge < -0.3 is 25.0 Å². The Hall–Kier alpha value is -3.91. The molecule has 1 aromatic carbocycles. The van der Waals surface area contributed by atoms with Gasteiger partial charge in [-0.15, -0.1) is 11.3 Å². The predicted molar refractivity (Wildman–Crippen MR) is 150 cm³/mol. The predicted octanol–water partition coefficient (Wildman–Crippen LogP) is 2.92. The van der Waals surface area contributed by atoms with Crippen LogP contribution in [0.1, 0.15) is 42.9 Å². The molecular formula is C28H32F2N6O5S. The zero-order valence-corrected chi connectivity index (χ0v) is 24.7. The van der Waals surface area contributed by atoms with Crippen molar-refractivity contribution in [3.63, 3.8) is 0 Å². The van der Waals surface area contributed by atoms with Crippen LogP contribution >= 0.6 is 11.3 Å². The number of nitrogens with zero attached hydrogens (tertiary/aromatic N) is 5. The Balaban J connectivity index is 1.59. The van der Waals surface area contributed by atoms with Gasteiger partial charge >= 0.3 is 18.0 Å². The first kappa shape index (κ1) is 29.6. The van der Waals surface area contributed by atoms with E-state index in [4.69, 9.17) is 4.74 Å². The van der Waals surface area contributed by atoms with Gasteiger partial charge in [0, 0.05) is 49.0 Å². The highest BCUT2D eigenvalue weighted by molar-refractivity contribution is 7.11. The standard InChI is InChI=1S/C28H32F2N6O5S/c1-14-15(6-7-16(29)20(14)30)21-19(26(39)41-5)17(32-23(33-21)24-31-8-11-42-24)12-34-9-10-35-18(22(34)25(37)38)13-36(27(35)40)28(2,3)4/h6-8,11,18,21-22H,9-10,12-13H2,1-5H3,(H,32,33)(H,37,38)/t18-,21-,22+/m0/s1. The lowest BCUT2D eigenvalue weighted by Crippen LogP contribution is -2.62. The molecule has 2 aromatic rings. The Bertz CT molecular complexity index is 1490. The molecular weight excluding hydrogens is 570 g/mol. The topological polar surface area (TPSA) is 128 Å². The lowest BCUT2D eigenvalue weighted by Gasteiger charge is -2.42. The van der Waals surface area contributed by atoms with E-state index in [1.54, 1.807) is 26.3 Å². The number of esters is 1. The Morgan fingerprint density at radius 3 is 2.60 bits per heavy atom. The third-order valence-electron chi connectivity index (χ3n) is 7.90. The van der Waals surface area contributed by atoms with Crippen molar-refractivity contribution in [1.29, 1.82) is 0 Å². The van der Waals surface area contributed by atoms with Crippen molar-refractivity contribution in [2.24, 2.45) is 4.99 Å². The van der Waals surface area contributed by atoms with E-state index in [0.29, 0.717) is 23.1 Å². The molecule has 3 atom stereocenters. The summed E-state index contributed by atoms with van der Waals surface area (Å²) in [6.45, 7) is 7.80. The monoisotopic (exact) mass is 602 g/mol. The lowest BCUT2D eigenvalue weighted by atomic mass is 9.91. The number of thiazole rings is 1. The number of carbonyl (C=O) groups excluding carboxylic acids is 2. The summed E-state index contributed by atoms with van der Waals surface area (Å²) in [7, 11) is 1.20. The molecule has 0 spiro atoms. The molecule has 14 heteroatoms. The van der Waals surface area contributed by atoms with E-state index < -0.39 is 47.2 Å². The van der Waals surface area contributed by atoms with Crippen molar-refractivity contribution in [3.8, 4) is 0 Å². The first-order valence-corrected chi connectivity index (χ1v) is 14.3. The molecule has 0 saturated carbocycles. The molecule has 2 N–H and O–H groups in total. The minimum atomic E-state index is -1.11. The fourth-order valence-corrected chi connectivity index (χ4v) is 6.37. The van der Waals surface area contributed by atoms with E-state index in [2.05, 4.69) is 15.3 Å². The average molecular weight is 603 g/mol. The fourth-order valence-electron chi connectivity index (χ4n) is 5.78. The molecule has 224 valence electrons. The molecule has 3 aliphatic rings. The molecule has 0 radical (unpaired) electrons. The molecule has 2 amide bonds. The van der Waals surface area contributed by atoms with Gasteiger partial charge in [-0.2, -0.15) is 0 Å². The van der Waals surface area contributed by atoms with Gasteiger partial charge in [0.25, 0.3) is 0 Å². The number of piperazine rings is 1. The number of aromatic nitrogens is 1. The van der Waals surface area contributed by atoms with Crippen molar-refractivity contribution >= 4 is 35.1 Å². The van der Waals surface area contributed by atoms with Crippen LogP contribution < -0.4 is 5.32 Å². The van der Waals surface area contributed by atoms with Crippen LogP contribution in [-0.4, -0.2) is 99.5 Å². The van der Waals surface area contributed by atoms with Crippen LogP contribution in [0.15, 0.2) is 40.0 Å². The summed E-state index contributed by atoms with van der Waals surface area (Å²) in [6, 6.07) is -0.645. The van der Waals surface area contributed by atoms with E-state index in [9.17, 15) is 28.3 Å². The number of amidine groups is 1. The number of amides is 2. The van der Waals surface area contributed by atoms with E-state index in [0.717, 1.165) is 6.07 Å². The number of urea groups is 1. The first-order chi connectivity index (χ1) is 19.8. The Morgan fingerprint density at radius 1 is 1.24 bits per heavy atom. The van der Waals surface area contributed by atoms with Crippen molar-refractivity contribution in [1.82, 2.24) is 25.0 Å². The summed E-state index contributed by atoms with van der Waals surface area (Å²) in [5, 5.41) is 15.8. The summed E-state index contributed by atoms with van der Waals surface area (Å²) in [5.74, 6) is -3.66. The van der Waals surface area contributed by atoms with E-state index in [1.807, 2.05) is 20.8 Å². The van der Waals surface area contributed by atoms with Crippen LogP contribution in [0.3, 0.4) is 0 Å². The van der Waals surface area contributed by atoms with Gasteiger partial charge in [-0.05, 0) is 44.9 Å². The highest BCUT2D eigenvalue weighted by atomic mass is 32.1. The van der Waals surface area contributed by atoms with Gasteiger partial charge in [0.05, 0.1) is 18.7 Å². The number of methoxy groups -OCH3 is 1. The zero-order chi connectivity index (χ0) is 30.5. The number of nitrogens with one attached hydrogen (secondary N) is 1. The Labute approximate surface area is 245 Å². The van der Waals surface area contributed by atoms with Crippen molar-refractivity contribution in [3.05, 3.63) is 62.7 Å². The highest BCUT2D eigenvalue weighted by Gasteiger charge is 2.52. The van der Waals surface area contributed by atoms with Crippen molar-refractivity contribution in [2.75, 3.05) is 33.3 Å². The molecule has 5 rings (SSSR count). The average Bonchev–Trinajstić information content (AvgIpc) is 3.59. The zero-order valence-electron chi connectivity index (χ0n) is 23.9. The second-order valence-corrected chi connectivity index (χ2v) is 12.3. The maximum Gasteiger partial charge on any atom is 0.338 e. The van der Waals surface area contributed by atoms with Crippen LogP contribution in [0, 0.1) is 18.6 Å². The SMILES string of the molecule is COC(=O)C1=C(CN2CCN3C(=O)N(C(C)(C)C)C[C@H]3[C@@H]2C(=O)O)NC(c2nccs2)=N[C@H]1c1ccc(F)c(F)c1C. The number of hydrogen-bond donors (Lipinski definition) is 2. The molecule has 4 heterocycles. The number of carboxylic acids is 1. The normalized spacial score (nSPS) is 23.1. The van der Waals surface area contributed by atoms with Crippen LogP contribution in [0.25, 0.3) is 0 Å². The van der Waals surface area contributed by atoms with Crippen molar-refractivity contribution in [2.45, 2.75) is 51.4 Å². The Morgan fingerprint density at radius 2 is 1.98 bits per heavy atom. The fraction of sp³-hybridized carbons (Fsp3) is 0.464. The van der Waals surface area contributed by atoms with Gasteiger partial charge in [-0.25, -0.2) is 23.4 Å². The van der Waals surface area contributed by atoms with E-state index >= 15 is 0 Å². The summed E-state index contributed by atoms with van der Waals surface area (Å²) in [4.78, 5) is 53.1. The maximum atomic E-state index is 14.7. The van der Waals surface area contributed by atoms with E-state index in [1.165, 1.54) is 31.4 Å². The van der Waals surface area contributed by atoms with Crippen LogP contribution in [0.2, 0.25) is 0 Å². The summed E-state index contributed by atoms with van der Waals surface area (Å²) in [6.07, 6.45) is 1.58. The largest absolute Gasteiger partial charge is 0.480 e. The molecule has 2 saturated heterocycles. The van der Waals surface area contributed by atoms with Crippen LogP contribution in [0.4, 0.5) is 13.6 Å². The molecule has 11 nitrogen and oxygen atoms in total. The van der Waals surface area contributed by atoms with Crippen molar-refractivity contribution < 1.29 is 33.0 Å².